The first-order valence-electron chi connectivity index (χ1n) is 28.9. The van der Waals surface area contributed by atoms with Crippen LogP contribution in [-0.4, -0.2) is 50.7 Å². The van der Waals surface area contributed by atoms with Crippen LogP contribution in [0.1, 0.15) is 67.9 Å². The standard InChI is InChI=1S/C68H68N10O2/c1-45-29-63-64(30-46(45)2)78(52-16-14-18-56(36-52)80-58-34-48(68(6,7)8)32-54(38-58)74-42-72(10)66-40-70-28-26-62(66)74)44-76(63)50-23-21-49(22-24-50)75-43-77(60-20-12-11-19-59(60)75)51-15-13-17-55(35-51)79-57-33-47(67(3,4)5)31-53(37-57)73-41-71(9)65-39-69-27-25-61(65)73/h11-40H,41-44H2,1-10H3/i9D3. The van der Waals surface area contributed by atoms with Gasteiger partial charge in [-0.3, -0.25) is 9.97 Å². The van der Waals surface area contributed by atoms with E-state index in [1.54, 1.807) is 12.4 Å². The average molecular weight is 1060 g/mol. The molecule has 7 aromatic carbocycles. The number of hydrogen-bond acceptors (Lipinski definition) is 12. The highest BCUT2D eigenvalue weighted by Gasteiger charge is 2.33. The summed E-state index contributed by atoms with van der Waals surface area (Å²) in [5, 5.41) is 0. The number of para-hydroxylation sites is 2. The van der Waals surface area contributed by atoms with E-state index >= 15 is 0 Å². The van der Waals surface area contributed by atoms with Crippen LogP contribution in [0.25, 0.3) is 0 Å². The van der Waals surface area contributed by atoms with Crippen molar-refractivity contribution < 1.29 is 13.6 Å². The second-order valence-corrected chi connectivity index (χ2v) is 23.5. The molecule has 4 aliphatic rings. The maximum absolute atomic E-state index is 8.29. The third-order valence-corrected chi connectivity index (χ3v) is 16.0. The third-order valence-electron chi connectivity index (χ3n) is 16.0. The molecule has 13 rings (SSSR count). The van der Waals surface area contributed by atoms with Crippen LogP contribution >= 0.6 is 0 Å². The van der Waals surface area contributed by atoms with Gasteiger partial charge in [0, 0.05) is 88.9 Å². The summed E-state index contributed by atoms with van der Waals surface area (Å²) >= 11 is 0. The summed E-state index contributed by atoms with van der Waals surface area (Å²) in [6.45, 7) is 17.4. The number of fused-ring (bicyclic) bond motifs is 4. The summed E-state index contributed by atoms with van der Waals surface area (Å²) in [7, 11) is 2.10. The fourth-order valence-corrected chi connectivity index (χ4v) is 11.4. The molecule has 2 aromatic heterocycles. The van der Waals surface area contributed by atoms with Gasteiger partial charge in [-0.2, -0.15) is 0 Å². The smallest absolute Gasteiger partial charge is 0.129 e. The SMILES string of the molecule is [2H]C([2H])([2H])N1CN(c2cc(Oc3cccc(N4CN(c5ccc(N6CN(c7cccc(Oc8cc(N9CN(C)c%10cnccc%109)cc(C(C)(C)C)c8)c7)c7cc(C)c(C)cc76)cc5)c5ccccc54)c3)cc(C(C)(C)C)c2)c2ccncc21. The molecule has 4 aliphatic heterocycles. The molecule has 80 heavy (non-hydrogen) atoms. The van der Waals surface area contributed by atoms with E-state index in [0.29, 0.717) is 30.5 Å². The van der Waals surface area contributed by atoms with E-state index in [9.17, 15) is 0 Å². The normalized spacial score (nSPS) is 15.4. The summed E-state index contributed by atoms with van der Waals surface area (Å²) in [5.41, 5.74) is 18.7. The van der Waals surface area contributed by atoms with Crippen LogP contribution in [0.5, 0.6) is 23.0 Å². The first-order valence-corrected chi connectivity index (χ1v) is 27.4. The van der Waals surface area contributed by atoms with Gasteiger partial charge >= 0.3 is 0 Å². The van der Waals surface area contributed by atoms with Crippen molar-refractivity contribution in [3.63, 3.8) is 0 Å². The molecule has 0 fully saturated rings. The lowest BCUT2D eigenvalue weighted by Gasteiger charge is -2.26. The zero-order valence-electron chi connectivity index (χ0n) is 49.9. The van der Waals surface area contributed by atoms with E-state index < -0.39 is 6.98 Å². The summed E-state index contributed by atoms with van der Waals surface area (Å²) < 4.78 is 38.5. The molecule has 0 N–H and O–H groups in total. The maximum atomic E-state index is 8.29. The van der Waals surface area contributed by atoms with E-state index in [-0.39, 0.29) is 17.5 Å². The van der Waals surface area contributed by atoms with Crippen molar-refractivity contribution in [2.75, 3.05) is 79.9 Å². The minimum atomic E-state index is -2.33. The van der Waals surface area contributed by atoms with Crippen LogP contribution in [0.4, 0.5) is 79.6 Å². The highest BCUT2D eigenvalue weighted by atomic mass is 16.5. The number of nitrogens with zero attached hydrogens (tertiary/aromatic N) is 10. The van der Waals surface area contributed by atoms with Crippen LogP contribution < -0.4 is 48.7 Å². The van der Waals surface area contributed by atoms with E-state index in [0.717, 1.165) is 97.7 Å². The molecule has 0 aliphatic carbocycles. The van der Waals surface area contributed by atoms with Crippen molar-refractivity contribution in [1.82, 2.24) is 9.97 Å². The van der Waals surface area contributed by atoms with Crippen molar-refractivity contribution in [3.05, 3.63) is 205 Å². The highest BCUT2D eigenvalue weighted by molar-refractivity contribution is 5.91. The Hall–Kier alpha value is -9.16. The van der Waals surface area contributed by atoms with Gasteiger partial charge in [-0.25, -0.2) is 0 Å². The van der Waals surface area contributed by atoms with Crippen LogP contribution in [0.15, 0.2) is 183 Å². The van der Waals surface area contributed by atoms with Crippen molar-refractivity contribution in [1.29, 1.82) is 0 Å². The Labute approximate surface area is 475 Å². The summed E-state index contributed by atoms with van der Waals surface area (Å²) in [6, 6.07) is 55.6. The number of benzene rings is 7. The van der Waals surface area contributed by atoms with Gasteiger partial charge in [0.25, 0.3) is 0 Å². The molecule has 9 aromatic rings. The molecule has 0 spiro atoms. The van der Waals surface area contributed by atoms with Gasteiger partial charge in [-0.05, 0) is 156 Å². The Kier molecular flexibility index (Phi) is 11.3. The Morgan fingerprint density at radius 3 is 1.25 bits per heavy atom. The molecule has 12 nitrogen and oxygen atoms in total. The van der Waals surface area contributed by atoms with Crippen LogP contribution in [0.2, 0.25) is 0 Å². The number of pyridine rings is 2. The lowest BCUT2D eigenvalue weighted by Crippen LogP contribution is -2.25. The zero-order chi connectivity index (χ0) is 57.7. The Balaban J connectivity index is 0.751. The molecule has 402 valence electrons. The second kappa shape index (κ2) is 19.3. The fraction of sp³-hybridized carbons (Fsp3) is 0.235. The molecule has 0 radical (unpaired) electrons. The van der Waals surface area contributed by atoms with E-state index in [4.69, 9.17) is 13.6 Å². The summed E-state index contributed by atoms with van der Waals surface area (Å²) in [5.74, 6) is 2.91. The van der Waals surface area contributed by atoms with Gasteiger partial charge in [0.15, 0.2) is 0 Å². The number of rotatable bonds is 10. The summed E-state index contributed by atoms with van der Waals surface area (Å²) in [4.78, 5) is 26.1. The molecular formula is C68H68N10O2. The largest absolute Gasteiger partial charge is 0.457 e. The van der Waals surface area contributed by atoms with Gasteiger partial charge in [0.2, 0.25) is 0 Å². The number of hydrogen-bond donors (Lipinski definition) is 0. The molecule has 0 atom stereocenters. The number of aromatic nitrogens is 2. The Morgan fingerprint density at radius 1 is 0.375 bits per heavy atom. The van der Waals surface area contributed by atoms with Crippen molar-refractivity contribution >= 4 is 79.6 Å². The van der Waals surface area contributed by atoms with Crippen LogP contribution in [0, 0.1) is 13.8 Å². The monoisotopic (exact) mass is 1060 g/mol. The van der Waals surface area contributed by atoms with E-state index in [1.165, 1.54) is 21.6 Å². The topological polar surface area (TPSA) is 70.2 Å². The number of aryl methyl sites for hydroxylation is 2. The predicted octanol–water partition coefficient (Wildman–Crippen LogP) is 16.9. The molecule has 0 saturated carbocycles. The Bertz CT molecular complexity index is 3970. The molecule has 0 amide bonds. The van der Waals surface area contributed by atoms with Gasteiger partial charge in [0.1, 0.15) is 36.3 Å². The molecular weight excluding hydrogens is 989 g/mol. The lowest BCUT2D eigenvalue weighted by atomic mass is 9.86. The molecule has 0 unspecified atom stereocenters. The van der Waals surface area contributed by atoms with Gasteiger partial charge in [-0.15, -0.1) is 0 Å². The van der Waals surface area contributed by atoms with E-state index in [1.807, 2.05) is 47.6 Å². The van der Waals surface area contributed by atoms with Gasteiger partial charge < -0.3 is 48.7 Å². The lowest BCUT2D eigenvalue weighted by molar-refractivity contribution is 0.478. The van der Waals surface area contributed by atoms with Crippen LogP contribution in [-0.2, 0) is 10.8 Å². The molecule has 0 bridgehead atoms. The Morgan fingerprint density at radius 2 is 0.775 bits per heavy atom. The average Bonchev–Trinajstić information content (AvgIpc) is 3.98. The molecule has 6 heterocycles. The number of anilines is 14. The predicted molar refractivity (Wildman–Crippen MR) is 330 cm³/mol. The van der Waals surface area contributed by atoms with Crippen LogP contribution in [0.3, 0.4) is 0 Å². The zero-order valence-corrected chi connectivity index (χ0v) is 46.9. The quantitative estimate of drug-likeness (QED) is 0.131. The van der Waals surface area contributed by atoms with Gasteiger partial charge in [0.05, 0.1) is 71.2 Å². The van der Waals surface area contributed by atoms with E-state index in [2.05, 4.69) is 229 Å². The maximum Gasteiger partial charge on any atom is 0.129 e. The molecule has 0 saturated heterocycles. The number of ether oxygens (including phenoxy) is 2. The van der Waals surface area contributed by atoms with Crippen molar-refractivity contribution in [2.24, 2.45) is 0 Å². The first kappa shape index (κ1) is 46.9. The molecule has 12 heteroatoms. The summed E-state index contributed by atoms with van der Waals surface area (Å²) in [6.07, 6.45) is 7.12. The first-order chi connectivity index (χ1) is 39.7. The van der Waals surface area contributed by atoms with Crippen molar-refractivity contribution in [3.8, 4) is 23.0 Å². The fourth-order valence-electron chi connectivity index (χ4n) is 11.4. The minimum absolute atomic E-state index is 0.102. The highest BCUT2D eigenvalue weighted by Crippen LogP contribution is 2.50. The third kappa shape index (κ3) is 9.17. The minimum Gasteiger partial charge on any atom is -0.457 e. The van der Waals surface area contributed by atoms with Crippen molar-refractivity contribution in [2.45, 2.75) is 66.2 Å². The van der Waals surface area contributed by atoms with Gasteiger partial charge in [-0.1, -0.05) is 65.8 Å². The second-order valence-electron chi connectivity index (χ2n) is 23.5.